The van der Waals surface area contributed by atoms with E-state index in [-0.39, 0.29) is 6.09 Å². The van der Waals surface area contributed by atoms with Gasteiger partial charge in [0.25, 0.3) is 0 Å². The molecule has 1 unspecified atom stereocenters. The van der Waals surface area contributed by atoms with Crippen molar-refractivity contribution in [1.29, 1.82) is 0 Å². The first-order valence-electron chi connectivity index (χ1n) is 11.1. The van der Waals surface area contributed by atoms with Gasteiger partial charge in [-0.2, -0.15) is 0 Å². The molecule has 0 radical (unpaired) electrons. The molecule has 0 saturated carbocycles. The molecule has 0 spiro atoms. The molecule has 1 aromatic carbocycles. The van der Waals surface area contributed by atoms with Crippen molar-refractivity contribution >= 4 is 19.3 Å². The minimum absolute atomic E-state index is 0.258. The Labute approximate surface area is 191 Å². The van der Waals surface area contributed by atoms with Crippen LogP contribution >= 0.6 is 7.92 Å². The van der Waals surface area contributed by atoms with Crippen LogP contribution in [0.2, 0.25) is 0 Å². The van der Waals surface area contributed by atoms with Gasteiger partial charge in [-0.15, -0.1) is 0 Å². The van der Waals surface area contributed by atoms with E-state index in [0.29, 0.717) is 19.5 Å². The van der Waals surface area contributed by atoms with Gasteiger partial charge >= 0.3 is 6.09 Å². The zero-order chi connectivity index (χ0) is 23.3. The predicted molar refractivity (Wildman–Crippen MR) is 137 cm³/mol. The number of carbonyl (C=O) groups excluding carboxylic acids is 1. The third-order valence-electron chi connectivity index (χ3n) is 4.58. The highest BCUT2D eigenvalue weighted by Crippen LogP contribution is 2.45. The van der Waals surface area contributed by atoms with Gasteiger partial charge in [0.15, 0.2) is 0 Å². The van der Waals surface area contributed by atoms with E-state index < -0.39 is 13.5 Å². The maximum absolute atomic E-state index is 12.8. The Morgan fingerprint density at radius 3 is 2.42 bits per heavy atom. The van der Waals surface area contributed by atoms with E-state index >= 15 is 0 Å². The second-order valence-electron chi connectivity index (χ2n) is 8.46. The van der Waals surface area contributed by atoms with Crippen LogP contribution < -0.4 is 5.30 Å². The fraction of sp³-hybridized carbons (Fsp3) is 0.444. The summed E-state index contributed by atoms with van der Waals surface area (Å²) in [6.45, 7) is 19.0. The van der Waals surface area contributed by atoms with Crippen molar-refractivity contribution < 1.29 is 9.53 Å². The Kier molecular flexibility index (Phi) is 12.2. The zero-order valence-corrected chi connectivity index (χ0v) is 21.0. The molecule has 0 aromatic heterocycles. The molecule has 0 heterocycles. The van der Waals surface area contributed by atoms with Crippen LogP contribution in [-0.2, 0) is 4.74 Å². The maximum atomic E-state index is 12.8. The summed E-state index contributed by atoms with van der Waals surface area (Å²) in [5.41, 5.74) is 0.422. The Morgan fingerprint density at radius 2 is 1.87 bits per heavy atom. The molecule has 0 aliphatic rings. The van der Waals surface area contributed by atoms with Crippen molar-refractivity contribution in [2.24, 2.45) is 0 Å². The van der Waals surface area contributed by atoms with Crippen molar-refractivity contribution in [3.63, 3.8) is 0 Å². The van der Waals surface area contributed by atoms with Crippen molar-refractivity contribution in [3.8, 4) is 0 Å². The van der Waals surface area contributed by atoms with Crippen molar-refractivity contribution in [3.05, 3.63) is 78.7 Å². The van der Waals surface area contributed by atoms with E-state index in [9.17, 15) is 4.79 Å². The molecule has 1 atom stereocenters. The summed E-state index contributed by atoms with van der Waals surface area (Å²) in [5.74, 6) is 0. The fourth-order valence-electron chi connectivity index (χ4n) is 3.08. The number of allylic oxidation sites excluding steroid dienone is 5. The average Bonchev–Trinajstić information content (AvgIpc) is 2.72. The average molecular weight is 442 g/mol. The van der Waals surface area contributed by atoms with Gasteiger partial charge in [-0.1, -0.05) is 80.3 Å². The SMILES string of the molecule is C=CC(=C)CCN(CCCP(C(/C=C\C)=C/CC)c1ccccc1)C(=O)OC(C)(C)C. The monoisotopic (exact) mass is 441 g/mol. The predicted octanol–water partition coefficient (Wildman–Crippen LogP) is 7.42. The summed E-state index contributed by atoms with van der Waals surface area (Å²) in [6.07, 6.45) is 11.8. The van der Waals surface area contributed by atoms with Crippen LogP contribution in [0.1, 0.15) is 53.9 Å². The van der Waals surface area contributed by atoms with E-state index in [4.69, 9.17) is 4.74 Å². The Hall–Kier alpha value is -2.12. The Morgan fingerprint density at radius 1 is 1.19 bits per heavy atom. The fourth-order valence-corrected chi connectivity index (χ4v) is 5.62. The molecule has 0 bridgehead atoms. The first-order chi connectivity index (χ1) is 14.7. The first-order valence-corrected chi connectivity index (χ1v) is 12.7. The first kappa shape index (κ1) is 26.9. The normalized spacial score (nSPS) is 13.1. The number of amides is 1. The lowest BCUT2D eigenvalue weighted by molar-refractivity contribution is 0.0253. The molecule has 0 fully saturated rings. The van der Waals surface area contributed by atoms with E-state index in [2.05, 4.69) is 75.6 Å². The van der Waals surface area contributed by atoms with Crippen LogP contribution in [0.25, 0.3) is 0 Å². The summed E-state index contributed by atoms with van der Waals surface area (Å²) in [6, 6.07) is 10.7. The molecule has 0 aliphatic heterocycles. The van der Waals surface area contributed by atoms with Crippen LogP contribution in [0.3, 0.4) is 0 Å². The second kappa shape index (κ2) is 14.0. The number of rotatable bonds is 12. The third kappa shape index (κ3) is 10.6. The molecular weight excluding hydrogens is 401 g/mol. The van der Waals surface area contributed by atoms with Crippen molar-refractivity contribution in [1.82, 2.24) is 4.90 Å². The second-order valence-corrected chi connectivity index (χ2v) is 10.8. The lowest BCUT2D eigenvalue weighted by atomic mass is 10.2. The van der Waals surface area contributed by atoms with Gasteiger partial charge < -0.3 is 9.64 Å². The van der Waals surface area contributed by atoms with Crippen LogP contribution in [-0.4, -0.2) is 35.8 Å². The molecule has 0 N–H and O–H groups in total. The van der Waals surface area contributed by atoms with Gasteiger partial charge in [0.05, 0.1) is 0 Å². The number of ether oxygens (including phenoxy) is 1. The minimum atomic E-state index is -0.510. The summed E-state index contributed by atoms with van der Waals surface area (Å²) in [4.78, 5) is 14.6. The molecule has 170 valence electrons. The highest BCUT2D eigenvalue weighted by atomic mass is 31.1. The van der Waals surface area contributed by atoms with Crippen LogP contribution in [0.4, 0.5) is 4.79 Å². The van der Waals surface area contributed by atoms with Crippen molar-refractivity contribution in [2.45, 2.75) is 59.5 Å². The molecule has 4 heteroatoms. The highest BCUT2D eigenvalue weighted by Gasteiger charge is 2.22. The molecule has 0 saturated heterocycles. The standard InChI is InChI=1S/C27H40NO2P/c1-8-15-24(16-9-2)31(25-17-12-11-13-18-25)22-14-20-28(21-19-23(4)10-3)26(29)30-27(5,6)7/h8,10-13,15-18H,3-4,9,14,19-22H2,1-2,5-7H3/b15-8-,24-16+. The summed E-state index contributed by atoms with van der Waals surface area (Å²) in [7, 11) is -0.471. The summed E-state index contributed by atoms with van der Waals surface area (Å²) in [5, 5.41) is 2.77. The summed E-state index contributed by atoms with van der Waals surface area (Å²) >= 11 is 0. The van der Waals surface area contributed by atoms with Gasteiger partial charge in [-0.3, -0.25) is 0 Å². The minimum Gasteiger partial charge on any atom is -0.444 e. The van der Waals surface area contributed by atoms with Gasteiger partial charge in [0.2, 0.25) is 0 Å². The topological polar surface area (TPSA) is 29.5 Å². The number of nitrogens with zero attached hydrogens (tertiary/aromatic N) is 1. The van der Waals surface area contributed by atoms with Crippen LogP contribution in [0, 0.1) is 0 Å². The zero-order valence-electron chi connectivity index (χ0n) is 20.1. The number of hydrogen-bond donors (Lipinski definition) is 0. The van der Waals surface area contributed by atoms with E-state index in [1.54, 1.807) is 6.08 Å². The molecule has 31 heavy (non-hydrogen) atoms. The third-order valence-corrected chi connectivity index (χ3v) is 7.22. The van der Waals surface area contributed by atoms with Crippen LogP contribution in [0.15, 0.2) is 78.7 Å². The van der Waals surface area contributed by atoms with Gasteiger partial charge in [0.1, 0.15) is 5.60 Å². The Bertz CT molecular complexity index is 759. The lowest BCUT2D eigenvalue weighted by Gasteiger charge is -2.28. The maximum Gasteiger partial charge on any atom is 0.410 e. The molecule has 1 amide bonds. The molecule has 3 nitrogen and oxygen atoms in total. The molecule has 1 rings (SSSR count). The van der Waals surface area contributed by atoms with Crippen molar-refractivity contribution in [2.75, 3.05) is 19.3 Å². The quantitative estimate of drug-likeness (QED) is 0.249. The summed E-state index contributed by atoms with van der Waals surface area (Å²) < 4.78 is 5.65. The van der Waals surface area contributed by atoms with E-state index in [0.717, 1.165) is 24.6 Å². The smallest absolute Gasteiger partial charge is 0.410 e. The van der Waals surface area contributed by atoms with Gasteiger partial charge in [0, 0.05) is 13.1 Å². The van der Waals surface area contributed by atoms with Crippen LogP contribution in [0.5, 0.6) is 0 Å². The number of hydrogen-bond acceptors (Lipinski definition) is 2. The number of benzene rings is 1. The molecule has 1 aromatic rings. The highest BCUT2D eigenvalue weighted by molar-refractivity contribution is 7.69. The van der Waals surface area contributed by atoms with E-state index in [1.165, 1.54) is 10.6 Å². The van der Waals surface area contributed by atoms with Gasteiger partial charge in [-0.05, 0) is 71.7 Å². The Balaban J connectivity index is 2.96. The number of carbonyl (C=O) groups is 1. The molecular formula is C27H40NO2P. The van der Waals surface area contributed by atoms with E-state index in [1.807, 2.05) is 25.7 Å². The van der Waals surface area contributed by atoms with Gasteiger partial charge in [-0.25, -0.2) is 4.79 Å². The largest absolute Gasteiger partial charge is 0.444 e. The molecule has 0 aliphatic carbocycles. The lowest BCUT2D eigenvalue weighted by Crippen LogP contribution is -2.38.